The molecule has 0 atom stereocenters. The SMILES string of the molecule is Cc1cc(C)cc(NS(=O)(=O)c2cc(C)c(N3CCCCS3(=O)=O)cc2C)c1. The van der Waals surface area contributed by atoms with Crippen molar-refractivity contribution >= 4 is 31.4 Å². The monoisotopic (exact) mass is 422 g/mol. The van der Waals surface area contributed by atoms with Crippen LogP contribution >= 0.6 is 0 Å². The third kappa shape index (κ3) is 4.17. The molecule has 28 heavy (non-hydrogen) atoms. The first-order chi connectivity index (χ1) is 13.0. The van der Waals surface area contributed by atoms with Gasteiger partial charge in [-0.05, 0) is 87.1 Å². The number of nitrogens with one attached hydrogen (secondary N) is 1. The summed E-state index contributed by atoms with van der Waals surface area (Å²) in [6, 6.07) is 8.75. The second-order valence-corrected chi connectivity index (χ2v) is 11.1. The minimum absolute atomic E-state index is 0.125. The van der Waals surface area contributed by atoms with Gasteiger partial charge in [-0.2, -0.15) is 0 Å². The summed E-state index contributed by atoms with van der Waals surface area (Å²) in [5, 5.41) is 0. The zero-order valence-electron chi connectivity index (χ0n) is 16.6. The maximum Gasteiger partial charge on any atom is 0.262 e. The van der Waals surface area contributed by atoms with Crippen LogP contribution in [0, 0.1) is 27.7 Å². The fourth-order valence-corrected chi connectivity index (χ4v) is 6.68. The van der Waals surface area contributed by atoms with Crippen molar-refractivity contribution in [1.29, 1.82) is 0 Å². The van der Waals surface area contributed by atoms with Crippen LogP contribution in [0.3, 0.4) is 0 Å². The highest BCUT2D eigenvalue weighted by atomic mass is 32.2. The van der Waals surface area contributed by atoms with Crippen LogP contribution in [0.5, 0.6) is 0 Å². The molecule has 2 aromatic rings. The summed E-state index contributed by atoms with van der Waals surface area (Å²) < 4.78 is 54.8. The van der Waals surface area contributed by atoms with Crippen molar-refractivity contribution in [2.24, 2.45) is 0 Å². The summed E-state index contributed by atoms with van der Waals surface area (Å²) in [6.45, 7) is 7.68. The molecule has 6 nitrogen and oxygen atoms in total. The zero-order chi connectivity index (χ0) is 20.7. The number of sulfonamides is 2. The molecular formula is C20H26N2O4S2. The van der Waals surface area contributed by atoms with Gasteiger partial charge in [0.1, 0.15) is 0 Å². The Morgan fingerprint density at radius 2 is 1.54 bits per heavy atom. The summed E-state index contributed by atoms with van der Waals surface area (Å²) in [6.07, 6.45) is 1.45. The first-order valence-electron chi connectivity index (χ1n) is 9.22. The summed E-state index contributed by atoms with van der Waals surface area (Å²) >= 11 is 0. The number of hydrogen-bond donors (Lipinski definition) is 1. The first kappa shape index (κ1) is 20.7. The van der Waals surface area contributed by atoms with E-state index in [1.54, 1.807) is 38.1 Å². The lowest BCUT2D eigenvalue weighted by atomic mass is 10.1. The number of aryl methyl sites for hydroxylation is 4. The molecule has 1 saturated heterocycles. The van der Waals surface area contributed by atoms with Crippen LogP contribution in [-0.2, 0) is 20.0 Å². The van der Waals surface area contributed by atoms with Gasteiger partial charge in [-0.3, -0.25) is 9.03 Å². The van der Waals surface area contributed by atoms with E-state index in [2.05, 4.69) is 4.72 Å². The van der Waals surface area contributed by atoms with Crippen molar-refractivity contribution < 1.29 is 16.8 Å². The Bertz CT molecular complexity index is 1100. The Kier molecular flexibility index (Phi) is 5.46. The second kappa shape index (κ2) is 7.40. The summed E-state index contributed by atoms with van der Waals surface area (Å²) in [5.41, 5.74) is 4.14. The molecule has 2 aromatic carbocycles. The fourth-order valence-electron chi connectivity index (χ4n) is 3.64. The number of hydrogen-bond acceptors (Lipinski definition) is 4. The molecule has 1 aliphatic heterocycles. The maximum atomic E-state index is 13.0. The molecule has 0 unspecified atom stereocenters. The van der Waals surface area contributed by atoms with Gasteiger partial charge in [-0.25, -0.2) is 16.8 Å². The molecule has 1 N–H and O–H groups in total. The number of anilines is 2. The highest BCUT2D eigenvalue weighted by Gasteiger charge is 2.28. The minimum atomic E-state index is -3.79. The van der Waals surface area contributed by atoms with Crippen LogP contribution in [0.25, 0.3) is 0 Å². The average Bonchev–Trinajstić information content (AvgIpc) is 2.55. The Balaban J connectivity index is 2.00. The molecule has 0 amide bonds. The lowest BCUT2D eigenvalue weighted by molar-refractivity contribution is 0.574. The van der Waals surface area contributed by atoms with E-state index in [4.69, 9.17) is 0 Å². The molecule has 3 rings (SSSR count). The van der Waals surface area contributed by atoms with E-state index in [0.29, 0.717) is 35.5 Å². The Morgan fingerprint density at radius 1 is 0.893 bits per heavy atom. The number of benzene rings is 2. The third-order valence-electron chi connectivity index (χ3n) is 4.87. The highest BCUT2D eigenvalue weighted by molar-refractivity contribution is 7.93. The van der Waals surface area contributed by atoms with E-state index in [1.165, 1.54) is 4.31 Å². The van der Waals surface area contributed by atoms with E-state index in [1.807, 2.05) is 19.9 Å². The van der Waals surface area contributed by atoms with Crippen LogP contribution in [0.2, 0.25) is 0 Å². The van der Waals surface area contributed by atoms with Crippen molar-refractivity contribution in [3.05, 3.63) is 52.6 Å². The lowest BCUT2D eigenvalue weighted by Gasteiger charge is -2.30. The van der Waals surface area contributed by atoms with Gasteiger partial charge in [0.2, 0.25) is 10.0 Å². The van der Waals surface area contributed by atoms with Crippen molar-refractivity contribution in [3.63, 3.8) is 0 Å². The standard InChI is InChI=1S/C20H26N2O4S2/c1-14-9-15(2)11-18(10-14)21-28(25,26)20-13-16(3)19(12-17(20)4)22-7-5-6-8-27(22,23)24/h9-13,21H,5-8H2,1-4H3. The van der Waals surface area contributed by atoms with E-state index < -0.39 is 20.0 Å². The third-order valence-corrected chi connectivity index (χ3v) is 8.25. The van der Waals surface area contributed by atoms with Gasteiger partial charge in [0.05, 0.1) is 16.3 Å². The van der Waals surface area contributed by atoms with Crippen LogP contribution in [-0.4, -0.2) is 29.1 Å². The maximum absolute atomic E-state index is 13.0. The lowest BCUT2D eigenvalue weighted by Crippen LogP contribution is -2.38. The number of rotatable bonds is 4. The van der Waals surface area contributed by atoms with Crippen LogP contribution in [0.4, 0.5) is 11.4 Å². The molecule has 1 fully saturated rings. The normalized spacial score (nSPS) is 16.8. The summed E-state index contributed by atoms with van der Waals surface area (Å²) in [4.78, 5) is 0.155. The summed E-state index contributed by atoms with van der Waals surface area (Å²) in [5.74, 6) is 0.125. The van der Waals surface area contributed by atoms with Gasteiger partial charge < -0.3 is 0 Å². The quantitative estimate of drug-likeness (QED) is 0.815. The van der Waals surface area contributed by atoms with Gasteiger partial charge in [-0.15, -0.1) is 0 Å². The zero-order valence-corrected chi connectivity index (χ0v) is 18.2. The van der Waals surface area contributed by atoms with Gasteiger partial charge >= 0.3 is 0 Å². The first-order valence-corrected chi connectivity index (χ1v) is 12.3. The summed E-state index contributed by atoms with van der Waals surface area (Å²) in [7, 11) is -7.15. The predicted octanol–water partition coefficient (Wildman–Crippen LogP) is 3.65. The molecule has 8 heteroatoms. The van der Waals surface area contributed by atoms with Crippen LogP contribution in [0.1, 0.15) is 35.1 Å². The van der Waals surface area contributed by atoms with Crippen LogP contribution < -0.4 is 9.03 Å². The highest BCUT2D eigenvalue weighted by Crippen LogP contribution is 2.32. The predicted molar refractivity (Wildman–Crippen MR) is 113 cm³/mol. The van der Waals surface area contributed by atoms with Gasteiger partial charge in [0.25, 0.3) is 10.0 Å². The molecule has 0 aliphatic carbocycles. The molecule has 0 radical (unpaired) electrons. The van der Waals surface area contributed by atoms with E-state index >= 15 is 0 Å². The minimum Gasteiger partial charge on any atom is -0.280 e. The van der Waals surface area contributed by atoms with E-state index in [-0.39, 0.29) is 10.6 Å². The van der Waals surface area contributed by atoms with Gasteiger partial charge in [0.15, 0.2) is 0 Å². The Hall–Kier alpha value is -2.06. The van der Waals surface area contributed by atoms with Gasteiger partial charge in [0, 0.05) is 12.2 Å². The fraction of sp³-hybridized carbons (Fsp3) is 0.400. The van der Waals surface area contributed by atoms with Crippen LogP contribution in [0.15, 0.2) is 35.2 Å². The molecule has 0 aromatic heterocycles. The van der Waals surface area contributed by atoms with E-state index in [9.17, 15) is 16.8 Å². The largest absolute Gasteiger partial charge is 0.280 e. The Labute approximate surface area is 167 Å². The Morgan fingerprint density at radius 3 is 2.14 bits per heavy atom. The average molecular weight is 423 g/mol. The molecule has 0 spiro atoms. The number of nitrogens with zero attached hydrogens (tertiary/aromatic N) is 1. The second-order valence-electron chi connectivity index (χ2n) is 7.48. The topological polar surface area (TPSA) is 83.6 Å². The van der Waals surface area contributed by atoms with E-state index in [0.717, 1.165) is 17.5 Å². The molecule has 0 bridgehead atoms. The van der Waals surface area contributed by atoms with Crippen molar-refractivity contribution in [1.82, 2.24) is 0 Å². The smallest absolute Gasteiger partial charge is 0.262 e. The molecule has 152 valence electrons. The molecular weight excluding hydrogens is 396 g/mol. The molecule has 1 heterocycles. The van der Waals surface area contributed by atoms with Crippen molar-refractivity contribution in [2.45, 2.75) is 45.4 Å². The van der Waals surface area contributed by atoms with Crippen molar-refractivity contribution in [2.75, 3.05) is 21.3 Å². The van der Waals surface area contributed by atoms with Gasteiger partial charge in [-0.1, -0.05) is 6.07 Å². The molecule has 0 saturated carbocycles. The molecule has 1 aliphatic rings. The van der Waals surface area contributed by atoms with Crippen molar-refractivity contribution in [3.8, 4) is 0 Å².